The Labute approximate surface area is 140 Å². The monoisotopic (exact) mass is 327 g/mol. The van der Waals surface area contributed by atoms with Gasteiger partial charge in [-0.3, -0.25) is 14.4 Å². The predicted octanol–water partition coefficient (Wildman–Crippen LogP) is 1.79. The van der Waals surface area contributed by atoms with Gasteiger partial charge in [0, 0.05) is 43.9 Å². The lowest BCUT2D eigenvalue weighted by Crippen LogP contribution is -2.45. The van der Waals surface area contributed by atoms with Crippen molar-refractivity contribution in [2.24, 2.45) is 12.5 Å². The SMILES string of the molecule is Cc1c(CN2C[C@@H]3c4ccccc4OC[C@]3(C(=O)O)C2)cnn1C. The van der Waals surface area contributed by atoms with Crippen LogP contribution >= 0.6 is 0 Å². The first-order valence-electron chi connectivity index (χ1n) is 8.16. The Bertz CT molecular complexity index is 801. The zero-order valence-electron chi connectivity index (χ0n) is 13.9. The van der Waals surface area contributed by atoms with Crippen LogP contribution in [0, 0.1) is 12.3 Å². The molecule has 1 fully saturated rings. The number of benzene rings is 1. The van der Waals surface area contributed by atoms with Crippen molar-refractivity contribution in [1.29, 1.82) is 0 Å². The summed E-state index contributed by atoms with van der Waals surface area (Å²) in [6.07, 6.45) is 1.87. The molecule has 0 radical (unpaired) electrons. The first kappa shape index (κ1) is 15.2. The normalized spacial score (nSPS) is 25.8. The van der Waals surface area contributed by atoms with Crippen LogP contribution in [0.15, 0.2) is 30.5 Å². The van der Waals surface area contributed by atoms with Crippen LogP contribution in [0.2, 0.25) is 0 Å². The summed E-state index contributed by atoms with van der Waals surface area (Å²) in [5, 5.41) is 14.2. The number of para-hydroxylation sites is 1. The maximum absolute atomic E-state index is 12.1. The Balaban J connectivity index is 1.67. The molecule has 2 aromatic rings. The average molecular weight is 327 g/mol. The van der Waals surface area contributed by atoms with E-state index in [0.29, 0.717) is 13.1 Å². The quantitative estimate of drug-likeness (QED) is 0.931. The van der Waals surface area contributed by atoms with Crippen LogP contribution in [0.3, 0.4) is 0 Å². The molecule has 2 aliphatic rings. The van der Waals surface area contributed by atoms with E-state index in [1.807, 2.05) is 49.1 Å². The van der Waals surface area contributed by atoms with E-state index >= 15 is 0 Å². The van der Waals surface area contributed by atoms with Gasteiger partial charge in [-0.25, -0.2) is 0 Å². The van der Waals surface area contributed by atoms with E-state index in [0.717, 1.165) is 29.1 Å². The average Bonchev–Trinajstić information content (AvgIpc) is 3.11. The molecular weight excluding hydrogens is 306 g/mol. The largest absolute Gasteiger partial charge is 0.492 e. The van der Waals surface area contributed by atoms with Gasteiger partial charge < -0.3 is 9.84 Å². The molecule has 1 aromatic carbocycles. The Morgan fingerprint density at radius 1 is 1.46 bits per heavy atom. The van der Waals surface area contributed by atoms with E-state index < -0.39 is 11.4 Å². The number of aliphatic carboxylic acids is 1. The van der Waals surface area contributed by atoms with E-state index in [-0.39, 0.29) is 12.5 Å². The third-order valence-corrected chi connectivity index (χ3v) is 5.55. The first-order chi connectivity index (χ1) is 11.5. The summed E-state index contributed by atoms with van der Waals surface area (Å²) < 4.78 is 7.66. The fraction of sp³-hybridized carbons (Fsp3) is 0.444. The molecule has 6 heteroatoms. The summed E-state index contributed by atoms with van der Waals surface area (Å²) in [7, 11) is 1.92. The van der Waals surface area contributed by atoms with Gasteiger partial charge in [0.1, 0.15) is 17.8 Å². The highest BCUT2D eigenvalue weighted by atomic mass is 16.5. The van der Waals surface area contributed by atoms with E-state index in [1.165, 1.54) is 0 Å². The van der Waals surface area contributed by atoms with Crippen molar-refractivity contribution in [1.82, 2.24) is 14.7 Å². The minimum atomic E-state index is -0.871. The number of carboxylic acids is 1. The first-order valence-corrected chi connectivity index (χ1v) is 8.16. The third kappa shape index (κ3) is 2.13. The maximum Gasteiger partial charge on any atom is 0.315 e. The molecule has 1 N–H and O–H groups in total. The van der Waals surface area contributed by atoms with Crippen molar-refractivity contribution < 1.29 is 14.6 Å². The number of rotatable bonds is 3. The zero-order chi connectivity index (χ0) is 16.9. The number of aryl methyl sites for hydroxylation is 1. The van der Waals surface area contributed by atoms with Crippen molar-refractivity contribution in [3.63, 3.8) is 0 Å². The van der Waals surface area contributed by atoms with Crippen molar-refractivity contribution in [2.45, 2.75) is 19.4 Å². The van der Waals surface area contributed by atoms with Crippen LogP contribution in [-0.4, -0.2) is 45.5 Å². The lowest BCUT2D eigenvalue weighted by Gasteiger charge is -2.35. The number of hydrogen-bond acceptors (Lipinski definition) is 4. The van der Waals surface area contributed by atoms with Crippen LogP contribution in [-0.2, 0) is 18.4 Å². The van der Waals surface area contributed by atoms with Crippen LogP contribution < -0.4 is 4.74 Å². The molecule has 4 rings (SSSR count). The predicted molar refractivity (Wildman–Crippen MR) is 88.0 cm³/mol. The highest BCUT2D eigenvalue weighted by Gasteiger charge is 2.56. The molecule has 0 spiro atoms. The highest BCUT2D eigenvalue weighted by Crippen LogP contribution is 2.49. The molecule has 2 atom stereocenters. The molecule has 1 aromatic heterocycles. The molecule has 2 aliphatic heterocycles. The van der Waals surface area contributed by atoms with Gasteiger partial charge in [-0.05, 0) is 18.6 Å². The zero-order valence-corrected chi connectivity index (χ0v) is 13.9. The van der Waals surface area contributed by atoms with E-state index in [2.05, 4.69) is 10.00 Å². The molecular formula is C18H21N3O3. The van der Waals surface area contributed by atoms with E-state index in [9.17, 15) is 9.90 Å². The molecule has 126 valence electrons. The van der Waals surface area contributed by atoms with Gasteiger partial charge in [-0.15, -0.1) is 0 Å². The number of carboxylic acid groups (broad SMARTS) is 1. The van der Waals surface area contributed by atoms with Gasteiger partial charge in [0.2, 0.25) is 0 Å². The summed E-state index contributed by atoms with van der Waals surface area (Å²) >= 11 is 0. The summed E-state index contributed by atoms with van der Waals surface area (Å²) in [5.74, 6) is 0.00289. The van der Waals surface area contributed by atoms with Crippen LogP contribution in [0.25, 0.3) is 0 Å². The Morgan fingerprint density at radius 3 is 2.96 bits per heavy atom. The maximum atomic E-state index is 12.1. The van der Waals surface area contributed by atoms with Gasteiger partial charge in [0.15, 0.2) is 0 Å². The second-order valence-electron chi connectivity index (χ2n) is 6.89. The Hall–Kier alpha value is -2.34. The fourth-order valence-corrected chi connectivity index (χ4v) is 3.99. The van der Waals surface area contributed by atoms with Gasteiger partial charge >= 0.3 is 5.97 Å². The number of hydrogen-bond donors (Lipinski definition) is 1. The standard InChI is InChI=1S/C18H21N3O3/c1-12-13(7-19-20(12)2)8-21-9-15-14-5-3-4-6-16(14)24-11-18(15,10-21)17(22)23/h3-7,15H,8-11H2,1-2H3,(H,22,23)/t15-,18-/m1/s1. The summed E-state index contributed by atoms with van der Waals surface area (Å²) in [4.78, 5) is 14.3. The van der Waals surface area contributed by atoms with Crippen molar-refractivity contribution in [2.75, 3.05) is 19.7 Å². The minimum Gasteiger partial charge on any atom is -0.492 e. The van der Waals surface area contributed by atoms with Crippen molar-refractivity contribution >= 4 is 5.97 Å². The van der Waals surface area contributed by atoms with E-state index in [1.54, 1.807) is 0 Å². The Morgan fingerprint density at radius 2 is 2.25 bits per heavy atom. The molecule has 24 heavy (non-hydrogen) atoms. The van der Waals surface area contributed by atoms with Gasteiger partial charge in [-0.2, -0.15) is 5.10 Å². The van der Waals surface area contributed by atoms with Crippen LogP contribution in [0.5, 0.6) is 5.75 Å². The van der Waals surface area contributed by atoms with Gasteiger partial charge in [-0.1, -0.05) is 18.2 Å². The van der Waals surface area contributed by atoms with Gasteiger partial charge in [0.25, 0.3) is 0 Å². The van der Waals surface area contributed by atoms with Crippen LogP contribution in [0.4, 0.5) is 0 Å². The number of aromatic nitrogens is 2. The lowest BCUT2D eigenvalue weighted by molar-refractivity contribution is -0.151. The number of carbonyl (C=O) groups is 1. The Kier molecular flexibility index (Phi) is 3.38. The number of likely N-dealkylation sites (tertiary alicyclic amines) is 1. The summed E-state index contributed by atoms with van der Waals surface area (Å²) in [6, 6.07) is 7.80. The molecule has 0 bridgehead atoms. The molecule has 3 heterocycles. The molecule has 0 amide bonds. The second kappa shape index (κ2) is 5.34. The van der Waals surface area contributed by atoms with Crippen molar-refractivity contribution in [3.05, 3.63) is 47.3 Å². The van der Waals surface area contributed by atoms with Crippen LogP contribution in [0.1, 0.15) is 22.7 Å². The van der Waals surface area contributed by atoms with E-state index in [4.69, 9.17) is 4.74 Å². The summed E-state index contributed by atoms with van der Waals surface area (Å²) in [6.45, 7) is 4.20. The number of nitrogens with zero attached hydrogens (tertiary/aromatic N) is 3. The summed E-state index contributed by atoms with van der Waals surface area (Å²) in [5.41, 5.74) is 2.40. The lowest BCUT2D eigenvalue weighted by atomic mass is 9.73. The molecule has 0 aliphatic carbocycles. The molecule has 0 saturated carbocycles. The minimum absolute atomic E-state index is 0.0445. The second-order valence-corrected chi connectivity index (χ2v) is 6.89. The molecule has 6 nitrogen and oxygen atoms in total. The number of ether oxygens (including phenoxy) is 1. The highest BCUT2D eigenvalue weighted by molar-refractivity contribution is 5.78. The third-order valence-electron chi connectivity index (χ3n) is 5.55. The van der Waals surface area contributed by atoms with Gasteiger partial charge in [0.05, 0.1) is 6.20 Å². The fourth-order valence-electron chi connectivity index (χ4n) is 3.99. The molecule has 1 saturated heterocycles. The topological polar surface area (TPSA) is 67.6 Å². The molecule has 0 unspecified atom stereocenters. The number of fused-ring (bicyclic) bond motifs is 3. The van der Waals surface area contributed by atoms with Crippen molar-refractivity contribution in [3.8, 4) is 5.75 Å². The smallest absolute Gasteiger partial charge is 0.315 e.